The molecule has 150 valence electrons. The maximum absolute atomic E-state index is 11.5. The van der Waals surface area contributed by atoms with Gasteiger partial charge in [0.25, 0.3) is 0 Å². The molecule has 0 bridgehead atoms. The molecule has 0 aromatic heterocycles. The summed E-state index contributed by atoms with van der Waals surface area (Å²) in [7, 11) is 0. The quantitative estimate of drug-likeness (QED) is 0.572. The Morgan fingerprint density at radius 2 is 0.929 bits per heavy atom. The number of para-hydroxylation sites is 2. The molecule has 0 spiro atoms. The zero-order valence-electron chi connectivity index (χ0n) is 15.5. The molecular formula is C20H24N2O6. The lowest BCUT2D eigenvalue weighted by molar-refractivity contribution is 0.0179. The van der Waals surface area contributed by atoms with E-state index in [1.807, 2.05) is 36.4 Å². The van der Waals surface area contributed by atoms with Gasteiger partial charge in [0.1, 0.15) is 13.2 Å². The van der Waals surface area contributed by atoms with E-state index in [0.717, 1.165) is 0 Å². The van der Waals surface area contributed by atoms with Crippen LogP contribution in [0.25, 0.3) is 0 Å². The van der Waals surface area contributed by atoms with Gasteiger partial charge in [0.05, 0.1) is 26.4 Å². The standard InChI is InChI=1S/C20H24N2O6/c23-19(21-17-7-3-1-4-8-17)27-15-13-25-11-12-26-14-16-28-20(24)22-18-9-5-2-6-10-18/h1-10H,11-16H2,(H,21,23)(H,22,24). The van der Waals surface area contributed by atoms with Crippen LogP contribution in [0.2, 0.25) is 0 Å². The summed E-state index contributed by atoms with van der Waals surface area (Å²) in [5, 5.41) is 5.21. The van der Waals surface area contributed by atoms with Crippen molar-refractivity contribution in [3.8, 4) is 0 Å². The number of amides is 2. The second-order valence-electron chi connectivity index (χ2n) is 5.48. The Bertz CT molecular complexity index is 635. The van der Waals surface area contributed by atoms with Gasteiger partial charge < -0.3 is 18.9 Å². The summed E-state index contributed by atoms with van der Waals surface area (Å²) in [6.07, 6.45) is -1.06. The van der Waals surface area contributed by atoms with Crippen molar-refractivity contribution in [1.82, 2.24) is 0 Å². The lowest BCUT2D eigenvalue weighted by Gasteiger charge is -2.09. The Kier molecular flexibility index (Phi) is 9.94. The third-order valence-electron chi connectivity index (χ3n) is 3.33. The summed E-state index contributed by atoms with van der Waals surface area (Å²) >= 11 is 0. The number of ether oxygens (including phenoxy) is 4. The maximum Gasteiger partial charge on any atom is 0.411 e. The molecule has 8 heteroatoms. The lowest BCUT2D eigenvalue weighted by Crippen LogP contribution is -2.18. The molecule has 8 nitrogen and oxygen atoms in total. The average Bonchev–Trinajstić information content (AvgIpc) is 2.71. The Balaban J connectivity index is 1.37. The van der Waals surface area contributed by atoms with Crippen molar-refractivity contribution in [3.63, 3.8) is 0 Å². The first-order valence-electron chi connectivity index (χ1n) is 8.87. The van der Waals surface area contributed by atoms with E-state index in [1.165, 1.54) is 0 Å². The van der Waals surface area contributed by atoms with Gasteiger partial charge in [0.2, 0.25) is 0 Å². The number of carbonyl (C=O) groups excluding carboxylic acids is 2. The van der Waals surface area contributed by atoms with Crippen LogP contribution in [0.3, 0.4) is 0 Å². The van der Waals surface area contributed by atoms with E-state index in [0.29, 0.717) is 24.6 Å². The Hall–Kier alpha value is -3.10. The lowest BCUT2D eigenvalue weighted by atomic mass is 10.3. The number of hydrogen-bond donors (Lipinski definition) is 2. The minimum Gasteiger partial charge on any atom is -0.447 e. The highest BCUT2D eigenvalue weighted by molar-refractivity contribution is 5.84. The summed E-state index contributed by atoms with van der Waals surface area (Å²) in [4.78, 5) is 23.1. The summed E-state index contributed by atoms with van der Waals surface area (Å²) in [6.45, 7) is 1.51. The number of hydrogen-bond acceptors (Lipinski definition) is 6. The zero-order chi connectivity index (χ0) is 19.9. The average molecular weight is 388 g/mol. The van der Waals surface area contributed by atoms with Gasteiger partial charge in [0, 0.05) is 11.4 Å². The first-order valence-corrected chi connectivity index (χ1v) is 8.87. The summed E-state index contributed by atoms with van der Waals surface area (Å²) in [5.41, 5.74) is 1.34. The summed E-state index contributed by atoms with van der Waals surface area (Å²) in [5.74, 6) is 0. The molecule has 0 fully saturated rings. The SMILES string of the molecule is O=C(Nc1ccccc1)OCCOCCOCCOC(=O)Nc1ccccc1. The van der Waals surface area contributed by atoms with Gasteiger partial charge in [-0.05, 0) is 24.3 Å². The monoisotopic (exact) mass is 388 g/mol. The molecule has 0 unspecified atom stereocenters. The van der Waals surface area contributed by atoms with Gasteiger partial charge in [0.15, 0.2) is 0 Å². The molecule has 0 aliphatic carbocycles. The van der Waals surface area contributed by atoms with Crippen molar-refractivity contribution >= 4 is 23.6 Å². The molecule has 0 aliphatic rings. The Morgan fingerprint density at radius 3 is 1.32 bits per heavy atom. The van der Waals surface area contributed by atoms with Crippen LogP contribution in [0, 0.1) is 0 Å². The molecule has 0 aliphatic heterocycles. The fraction of sp³-hybridized carbons (Fsp3) is 0.300. The topological polar surface area (TPSA) is 95.1 Å². The molecule has 0 atom stereocenters. The second kappa shape index (κ2) is 13.1. The molecule has 2 rings (SSSR count). The van der Waals surface area contributed by atoms with Gasteiger partial charge in [-0.15, -0.1) is 0 Å². The third-order valence-corrected chi connectivity index (χ3v) is 3.33. The van der Waals surface area contributed by atoms with E-state index in [1.54, 1.807) is 24.3 Å². The van der Waals surface area contributed by atoms with E-state index in [-0.39, 0.29) is 26.4 Å². The van der Waals surface area contributed by atoms with Crippen LogP contribution in [-0.4, -0.2) is 51.8 Å². The van der Waals surface area contributed by atoms with Crippen molar-refractivity contribution < 1.29 is 28.5 Å². The van der Waals surface area contributed by atoms with Gasteiger partial charge in [-0.25, -0.2) is 9.59 Å². The van der Waals surface area contributed by atoms with E-state index >= 15 is 0 Å². The minimum absolute atomic E-state index is 0.140. The van der Waals surface area contributed by atoms with Crippen molar-refractivity contribution in [2.45, 2.75) is 0 Å². The Morgan fingerprint density at radius 1 is 0.571 bits per heavy atom. The molecule has 2 aromatic rings. The summed E-state index contributed by atoms with van der Waals surface area (Å²) < 4.78 is 20.6. The fourth-order valence-electron chi connectivity index (χ4n) is 2.06. The van der Waals surface area contributed by atoms with E-state index < -0.39 is 12.2 Å². The highest BCUT2D eigenvalue weighted by atomic mass is 16.6. The number of carbonyl (C=O) groups is 2. The van der Waals surface area contributed by atoms with Gasteiger partial charge >= 0.3 is 12.2 Å². The van der Waals surface area contributed by atoms with Crippen molar-refractivity contribution in [1.29, 1.82) is 0 Å². The van der Waals surface area contributed by atoms with Crippen LogP contribution in [0.15, 0.2) is 60.7 Å². The first kappa shape index (κ1) is 21.2. The van der Waals surface area contributed by atoms with Crippen LogP contribution < -0.4 is 10.6 Å². The molecule has 28 heavy (non-hydrogen) atoms. The predicted molar refractivity (Wildman–Crippen MR) is 104 cm³/mol. The minimum atomic E-state index is -0.531. The highest BCUT2D eigenvalue weighted by Crippen LogP contribution is 2.05. The van der Waals surface area contributed by atoms with Crippen molar-refractivity contribution in [2.24, 2.45) is 0 Å². The van der Waals surface area contributed by atoms with Gasteiger partial charge in [-0.2, -0.15) is 0 Å². The zero-order valence-corrected chi connectivity index (χ0v) is 15.5. The van der Waals surface area contributed by atoms with Crippen LogP contribution >= 0.6 is 0 Å². The number of benzene rings is 2. The summed E-state index contributed by atoms with van der Waals surface area (Å²) in [6, 6.07) is 18.1. The van der Waals surface area contributed by atoms with E-state index in [9.17, 15) is 9.59 Å². The van der Waals surface area contributed by atoms with Crippen LogP contribution in [-0.2, 0) is 18.9 Å². The maximum atomic E-state index is 11.5. The normalized spacial score (nSPS) is 10.1. The predicted octanol–water partition coefficient (Wildman–Crippen LogP) is 3.52. The van der Waals surface area contributed by atoms with E-state index in [2.05, 4.69) is 10.6 Å². The van der Waals surface area contributed by atoms with Gasteiger partial charge in [-0.1, -0.05) is 36.4 Å². The highest BCUT2D eigenvalue weighted by Gasteiger charge is 2.03. The molecule has 0 saturated carbocycles. The molecule has 0 saturated heterocycles. The molecule has 2 N–H and O–H groups in total. The smallest absolute Gasteiger partial charge is 0.411 e. The fourth-order valence-corrected chi connectivity index (χ4v) is 2.06. The van der Waals surface area contributed by atoms with Gasteiger partial charge in [-0.3, -0.25) is 10.6 Å². The number of nitrogens with one attached hydrogen (secondary N) is 2. The van der Waals surface area contributed by atoms with E-state index in [4.69, 9.17) is 18.9 Å². The Labute approximate surface area is 163 Å². The molecular weight excluding hydrogens is 364 g/mol. The molecule has 2 aromatic carbocycles. The number of rotatable bonds is 11. The van der Waals surface area contributed by atoms with Crippen LogP contribution in [0.5, 0.6) is 0 Å². The van der Waals surface area contributed by atoms with Crippen LogP contribution in [0.1, 0.15) is 0 Å². The second-order valence-corrected chi connectivity index (χ2v) is 5.48. The van der Waals surface area contributed by atoms with Crippen LogP contribution in [0.4, 0.5) is 21.0 Å². The molecule has 0 radical (unpaired) electrons. The first-order chi connectivity index (χ1) is 13.7. The largest absolute Gasteiger partial charge is 0.447 e. The number of anilines is 2. The van der Waals surface area contributed by atoms with Crippen molar-refractivity contribution in [2.75, 3.05) is 50.3 Å². The third kappa shape index (κ3) is 9.56. The molecule has 2 amide bonds. The molecule has 0 heterocycles. The van der Waals surface area contributed by atoms with Crippen molar-refractivity contribution in [3.05, 3.63) is 60.7 Å².